The number of carboxylic acid groups (broad SMARTS) is 2. The van der Waals surface area contributed by atoms with E-state index in [4.69, 9.17) is 20.4 Å². The summed E-state index contributed by atoms with van der Waals surface area (Å²) in [5, 5.41) is 31.5. The molecule has 13 heavy (non-hydrogen) atoms. The Hall–Kier alpha value is -0.621. The van der Waals surface area contributed by atoms with Gasteiger partial charge in [0.05, 0.1) is 0 Å². The number of aliphatic hydroxyl groups is 2. The van der Waals surface area contributed by atoms with Gasteiger partial charge in [-0.05, 0) is 13.8 Å². The van der Waals surface area contributed by atoms with E-state index < -0.39 is 24.1 Å². The van der Waals surface area contributed by atoms with Crippen molar-refractivity contribution >= 4 is 11.9 Å². The Morgan fingerprint density at radius 3 is 1.00 bits per heavy atom. The molecule has 1 radical (unpaired) electrons. The molecule has 7 heteroatoms. The van der Waals surface area contributed by atoms with Gasteiger partial charge in [-0.3, -0.25) is 0 Å². The standard InChI is InChI=1S/2C3H6O3.Cu/c2*1-2(4)3(5)6;/h2*2,4H,1H3,(H,5,6);. The van der Waals surface area contributed by atoms with Crippen molar-refractivity contribution in [1.29, 1.82) is 0 Å². The molecule has 0 rings (SSSR count). The molecule has 6 nitrogen and oxygen atoms in total. The number of carbonyl (C=O) groups is 2. The predicted octanol–water partition coefficient (Wildman–Crippen LogP) is -1.10. The van der Waals surface area contributed by atoms with E-state index in [0.717, 1.165) is 0 Å². The summed E-state index contributed by atoms with van der Waals surface area (Å²) in [7, 11) is 0. The average Bonchev–Trinajstić information content (AvgIpc) is 1.88. The fourth-order valence-electron chi connectivity index (χ4n) is 0. The van der Waals surface area contributed by atoms with Gasteiger partial charge in [-0.15, -0.1) is 0 Å². The molecule has 0 bridgehead atoms. The van der Waals surface area contributed by atoms with Crippen LogP contribution in [0, 0.1) is 0 Å². The van der Waals surface area contributed by atoms with Gasteiger partial charge in [0.15, 0.2) is 0 Å². The minimum absolute atomic E-state index is 0. The normalized spacial score (nSPS) is 12.6. The molecular formula is C6H12CuO6. The molecule has 0 amide bonds. The number of aliphatic carboxylic acids is 2. The first-order valence-corrected chi connectivity index (χ1v) is 3.10. The Morgan fingerprint density at radius 2 is 1.00 bits per heavy atom. The molecule has 83 valence electrons. The van der Waals surface area contributed by atoms with Crippen LogP contribution >= 0.6 is 0 Å². The second-order valence-electron chi connectivity index (χ2n) is 2.03. The predicted molar refractivity (Wildman–Crippen MR) is 38.6 cm³/mol. The molecule has 0 aromatic rings. The fourth-order valence-corrected chi connectivity index (χ4v) is 0. The first kappa shape index (κ1) is 18.2. The van der Waals surface area contributed by atoms with Crippen molar-refractivity contribution in [3.63, 3.8) is 0 Å². The van der Waals surface area contributed by atoms with Gasteiger partial charge in [-0.25, -0.2) is 9.59 Å². The summed E-state index contributed by atoms with van der Waals surface area (Å²) >= 11 is 0. The van der Waals surface area contributed by atoms with Crippen molar-refractivity contribution < 1.29 is 47.1 Å². The third-order valence-corrected chi connectivity index (χ3v) is 0.715. The van der Waals surface area contributed by atoms with Crippen LogP contribution in [0.4, 0.5) is 0 Å². The van der Waals surface area contributed by atoms with Crippen LogP contribution in [-0.4, -0.2) is 44.6 Å². The minimum Gasteiger partial charge on any atom is -0.479 e. The van der Waals surface area contributed by atoms with Crippen LogP contribution in [0.1, 0.15) is 13.8 Å². The third-order valence-electron chi connectivity index (χ3n) is 0.715. The smallest absolute Gasteiger partial charge is 0.332 e. The second kappa shape index (κ2) is 9.47. The molecule has 0 heterocycles. The molecule has 2 unspecified atom stereocenters. The largest absolute Gasteiger partial charge is 0.479 e. The number of aliphatic hydroxyl groups excluding tert-OH is 2. The van der Waals surface area contributed by atoms with Crippen molar-refractivity contribution in [1.82, 2.24) is 0 Å². The summed E-state index contributed by atoms with van der Waals surface area (Å²) in [5.74, 6) is -2.37. The summed E-state index contributed by atoms with van der Waals surface area (Å²) in [6.07, 6.45) is -2.46. The van der Waals surface area contributed by atoms with E-state index in [1.165, 1.54) is 13.8 Å². The van der Waals surface area contributed by atoms with Crippen LogP contribution in [0.3, 0.4) is 0 Å². The van der Waals surface area contributed by atoms with E-state index in [1.807, 2.05) is 0 Å². The molecule has 4 N–H and O–H groups in total. The minimum atomic E-state index is -1.23. The van der Waals surface area contributed by atoms with Crippen molar-refractivity contribution in [2.45, 2.75) is 26.1 Å². The third kappa shape index (κ3) is 18.4. The van der Waals surface area contributed by atoms with Crippen molar-refractivity contribution in [3.05, 3.63) is 0 Å². The zero-order chi connectivity index (χ0) is 10.3. The van der Waals surface area contributed by atoms with Gasteiger partial charge in [0.1, 0.15) is 12.2 Å². The molecule has 0 aromatic carbocycles. The molecule has 0 fully saturated rings. The monoisotopic (exact) mass is 243 g/mol. The van der Waals surface area contributed by atoms with Crippen molar-refractivity contribution in [2.24, 2.45) is 0 Å². The average molecular weight is 244 g/mol. The van der Waals surface area contributed by atoms with Gasteiger partial charge >= 0.3 is 11.9 Å². The number of hydrogen-bond donors (Lipinski definition) is 4. The maximum absolute atomic E-state index is 9.45. The topological polar surface area (TPSA) is 115 Å². The van der Waals surface area contributed by atoms with E-state index in [-0.39, 0.29) is 17.1 Å². The van der Waals surface area contributed by atoms with Gasteiger partial charge in [-0.2, -0.15) is 0 Å². The van der Waals surface area contributed by atoms with E-state index in [2.05, 4.69) is 0 Å². The molecule has 2 atom stereocenters. The van der Waals surface area contributed by atoms with Crippen molar-refractivity contribution in [3.8, 4) is 0 Å². The van der Waals surface area contributed by atoms with Gasteiger partial charge < -0.3 is 20.4 Å². The first-order chi connectivity index (χ1) is 5.29. The second-order valence-corrected chi connectivity index (χ2v) is 2.03. The van der Waals surface area contributed by atoms with Crippen LogP contribution in [0.25, 0.3) is 0 Å². The SMILES string of the molecule is CC(O)C(=O)O.CC(O)C(=O)O.[Cu]. The number of carboxylic acids is 2. The molecular weight excluding hydrogens is 232 g/mol. The van der Waals surface area contributed by atoms with Crippen LogP contribution in [0.2, 0.25) is 0 Å². The van der Waals surface area contributed by atoms with Crippen LogP contribution in [-0.2, 0) is 26.7 Å². The molecule has 0 aliphatic carbocycles. The van der Waals surface area contributed by atoms with Gasteiger partial charge in [0.25, 0.3) is 0 Å². The molecule has 0 aromatic heterocycles. The fraction of sp³-hybridized carbons (Fsp3) is 0.667. The summed E-state index contributed by atoms with van der Waals surface area (Å²) in [6.45, 7) is 2.39. The molecule has 0 aliphatic rings. The summed E-state index contributed by atoms with van der Waals surface area (Å²) in [4.78, 5) is 18.9. The summed E-state index contributed by atoms with van der Waals surface area (Å²) in [6, 6.07) is 0. The van der Waals surface area contributed by atoms with E-state index in [9.17, 15) is 9.59 Å². The molecule has 0 saturated carbocycles. The Bertz CT molecular complexity index is 137. The summed E-state index contributed by atoms with van der Waals surface area (Å²) < 4.78 is 0. The zero-order valence-corrected chi connectivity index (χ0v) is 8.00. The van der Waals surface area contributed by atoms with E-state index in [1.54, 1.807) is 0 Å². The zero-order valence-electron chi connectivity index (χ0n) is 7.06. The van der Waals surface area contributed by atoms with E-state index in [0.29, 0.717) is 0 Å². The van der Waals surface area contributed by atoms with E-state index >= 15 is 0 Å². The Balaban J connectivity index is -0.000000143. The van der Waals surface area contributed by atoms with Gasteiger partial charge in [0.2, 0.25) is 0 Å². The number of hydrogen-bond acceptors (Lipinski definition) is 4. The first-order valence-electron chi connectivity index (χ1n) is 3.10. The number of rotatable bonds is 2. The maximum Gasteiger partial charge on any atom is 0.332 e. The van der Waals surface area contributed by atoms with Crippen LogP contribution in [0.5, 0.6) is 0 Å². The quantitative estimate of drug-likeness (QED) is 0.458. The summed E-state index contributed by atoms with van der Waals surface area (Å²) in [5.41, 5.74) is 0. The molecule has 0 aliphatic heterocycles. The van der Waals surface area contributed by atoms with Gasteiger partial charge in [0, 0.05) is 17.1 Å². The Morgan fingerprint density at radius 1 is 0.923 bits per heavy atom. The van der Waals surface area contributed by atoms with Crippen LogP contribution in [0.15, 0.2) is 0 Å². The molecule has 0 spiro atoms. The van der Waals surface area contributed by atoms with Crippen LogP contribution < -0.4 is 0 Å². The molecule has 0 saturated heterocycles. The van der Waals surface area contributed by atoms with Gasteiger partial charge in [-0.1, -0.05) is 0 Å². The Labute approximate surface area is 85.7 Å². The maximum atomic E-state index is 9.45. The Kier molecular flexibility index (Phi) is 13.3. The van der Waals surface area contributed by atoms with Crippen molar-refractivity contribution in [2.75, 3.05) is 0 Å².